The topological polar surface area (TPSA) is 76.3 Å². The summed E-state index contributed by atoms with van der Waals surface area (Å²) < 4.78 is 2.07. The third kappa shape index (κ3) is 4.88. The van der Waals surface area contributed by atoms with E-state index >= 15 is 0 Å². The molecule has 1 heterocycles. The summed E-state index contributed by atoms with van der Waals surface area (Å²) in [6.45, 7) is 0. The van der Waals surface area contributed by atoms with E-state index in [0.29, 0.717) is 16.7 Å². The highest BCUT2D eigenvalue weighted by Crippen LogP contribution is 2.36. The molecule has 0 unspecified atom stereocenters. The van der Waals surface area contributed by atoms with Crippen molar-refractivity contribution >= 4 is 50.6 Å². The highest BCUT2D eigenvalue weighted by atomic mass is 28.3. The van der Waals surface area contributed by atoms with Gasteiger partial charge in [-0.1, -0.05) is 121 Å². The average Bonchev–Trinajstić information content (AvgIpc) is 3.52. The molecule has 0 amide bonds. The molecule has 0 aliphatic rings. The molecule has 232 valence electrons. The molecule has 0 saturated carbocycles. The number of nitrogens with zero attached hydrogens (tertiary/aromatic N) is 4. The molecule has 7 aromatic carbocycles. The van der Waals surface area contributed by atoms with Gasteiger partial charge >= 0.3 is 0 Å². The van der Waals surface area contributed by atoms with E-state index in [1.807, 2.05) is 36.4 Å². The van der Waals surface area contributed by atoms with Crippen LogP contribution in [0.4, 0.5) is 0 Å². The van der Waals surface area contributed by atoms with Gasteiger partial charge in [0.25, 0.3) is 0 Å². The van der Waals surface area contributed by atoms with Crippen molar-refractivity contribution in [2.24, 2.45) is 0 Å². The van der Waals surface area contributed by atoms with Crippen LogP contribution in [0, 0.1) is 34.0 Å². The third-order valence-electron chi connectivity index (χ3n) is 9.65. The van der Waals surface area contributed by atoms with Crippen molar-refractivity contribution in [2.45, 2.75) is 0 Å². The average molecular weight is 653 g/mol. The zero-order valence-corrected chi connectivity index (χ0v) is 28.0. The van der Waals surface area contributed by atoms with Gasteiger partial charge in [0.1, 0.15) is 6.07 Å². The largest absolute Gasteiger partial charge is 0.308 e. The second kappa shape index (κ2) is 12.6. The van der Waals surface area contributed by atoms with Crippen LogP contribution in [0.5, 0.6) is 0 Å². The maximum Gasteiger partial charge on any atom is 0.179 e. The smallest absolute Gasteiger partial charge is 0.179 e. The molecule has 0 bridgehead atoms. The summed E-state index contributed by atoms with van der Waals surface area (Å²) in [6.07, 6.45) is 0. The van der Waals surface area contributed by atoms with Crippen LogP contribution in [0.2, 0.25) is 0 Å². The first kappa shape index (κ1) is 30.4. The number of hydrogen-bond donors (Lipinski definition) is 0. The maximum absolute atomic E-state index is 10.3. The molecule has 0 N–H and O–H groups in total. The van der Waals surface area contributed by atoms with E-state index in [1.165, 1.54) is 20.7 Å². The number of rotatable bonds is 6. The summed E-state index contributed by atoms with van der Waals surface area (Å²) in [5, 5.41) is 36.5. The van der Waals surface area contributed by atoms with Gasteiger partial charge in [0.05, 0.1) is 45.5 Å². The molecule has 0 fully saturated rings. The second-order valence-corrected chi connectivity index (χ2v) is 16.1. The zero-order chi connectivity index (χ0) is 34.1. The molecule has 0 aliphatic carbocycles. The van der Waals surface area contributed by atoms with Crippen molar-refractivity contribution in [1.82, 2.24) is 4.57 Å². The van der Waals surface area contributed by atoms with E-state index in [0.717, 1.165) is 38.6 Å². The van der Waals surface area contributed by atoms with Crippen LogP contribution < -0.4 is 20.7 Å². The lowest BCUT2D eigenvalue weighted by molar-refractivity contribution is 1.17. The van der Waals surface area contributed by atoms with Crippen LogP contribution in [-0.4, -0.2) is 12.6 Å². The second-order valence-electron chi connectivity index (χ2n) is 12.3. The summed E-state index contributed by atoms with van der Waals surface area (Å²) in [6, 6.07) is 65.5. The lowest BCUT2D eigenvalue weighted by atomic mass is 10.0. The Morgan fingerprint density at radius 2 is 0.840 bits per heavy atom. The van der Waals surface area contributed by atoms with Gasteiger partial charge in [0.15, 0.2) is 8.07 Å². The molecule has 4 nitrogen and oxygen atoms in total. The normalized spacial score (nSPS) is 11.1. The number of benzene rings is 7. The molecule has 8 aromatic rings. The fourth-order valence-electron chi connectivity index (χ4n) is 7.39. The monoisotopic (exact) mass is 652 g/mol. The van der Waals surface area contributed by atoms with Crippen LogP contribution in [0.3, 0.4) is 0 Å². The standard InChI is InChI=1S/C45H28N4Si/c46-29-32-16-24-43-41(26-32)42-27-33(30-47)17-25-44(42)49(43)45-28-35(18-19-36(45)31-48)34-20-22-40(23-21-34)50(37-10-4-1-5-11-37,38-12-6-2-7-13-38)39-14-8-3-9-15-39/h1-28H. The predicted molar refractivity (Wildman–Crippen MR) is 204 cm³/mol. The van der Waals surface area contributed by atoms with Gasteiger partial charge in [-0.25, -0.2) is 0 Å². The number of fused-ring (bicyclic) bond motifs is 3. The van der Waals surface area contributed by atoms with E-state index in [-0.39, 0.29) is 0 Å². The summed E-state index contributed by atoms with van der Waals surface area (Å²) >= 11 is 0. The minimum atomic E-state index is -2.66. The molecule has 0 aliphatic heterocycles. The Bertz CT molecular complexity index is 2490. The number of aromatic nitrogens is 1. The third-order valence-corrected chi connectivity index (χ3v) is 14.5. The highest BCUT2D eigenvalue weighted by Gasteiger charge is 2.41. The first-order valence-electron chi connectivity index (χ1n) is 16.4. The fraction of sp³-hybridized carbons (Fsp3) is 0. The Kier molecular flexibility index (Phi) is 7.63. The fourth-order valence-corrected chi connectivity index (χ4v) is 12.1. The predicted octanol–water partition coefficient (Wildman–Crippen LogP) is 7.44. The summed E-state index contributed by atoms with van der Waals surface area (Å²) in [7, 11) is -2.66. The Balaban J connectivity index is 1.32. The van der Waals surface area contributed by atoms with Gasteiger partial charge < -0.3 is 4.57 Å². The van der Waals surface area contributed by atoms with Gasteiger partial charge in [-0.2, -0.15) is 15.8 Å². The Labute approximate surface area is 291 Å². The quantitative estimate of drug-likeness (QED) is 0.138. The number of hydrogen-bond acceptors (Lipinski definition) is 3. The molecular weight excluding hydrogens is 625 g/mol. The van der Waals surface area contributed by atoms with Crippen LogP contribution in [-0.2, 0) is 0 Å². The molecule has 8 rings (SSSR count). The minimum absolute atomic E-state index is 0.529. The van der Waals surface area contributed by atoms with Gasteiger partial charge in [-0.05, 0) is 80.4 Å². The van der Waals surface area contributed by atoms with Gasteiger partial charge in [0, 0.05) is 10.8 Å². The summed E-state index contributed by atoms with van der Waals surface area (Å²) in [4.78, 5) is 0. The molecule has 0 atom stereocenters. The SMILES string of the molecule is N#Cc1ccc2c(c1)c1cc(C#N)ccc1n2-c1cc(-c2ccc([Si](c3ccccc3)(c3ccccc3)c3ccccc3)cc2)ccc1C#N. The Hall–Kier alpha value is -6.97. The van der Waals surface area contributed by atoms with Crippen molar-refractivity contribution in [3.05, 3.63) is 187 Å². The molecule has 0 radical (unpaired) electrons. The van der Waals surface area contributed by atoms with Crippen LogP contribution in [0.1, 0.15) is 16.7 Å². The van der Waals surface area contributed by atoms with E-state index in [2.05, 4.69) is 144 Å². The van der Waals surface area contributed by atoms with E-state index < -0.39 is 8.07 Å². The maximum atomic E-state index is 10.3. The molecular formula is C45H28N4Si. The zero-order valence-electron chi connectivity index (χ0n) is 27.0. The van der Waals surface area contributed by atoms with Gasteiger partial charge in [-0.3, -0.25) is 0 Å². The highest BCUT2D eigenvalue weighted by molar-refractivity contribution is 7.19. The summed E-state index contributed by atoms with van der Waals surface area (Å²) in [5.74, 6) is 0. The Morgan fingerprint density at radius 3 is 1.28 bits per heavy atom. The van der Waals surface area contributed by atoms with Gasteiger partial charge in [0.2, 0.25) is 0 Å². The minimum Gasteiger partial charge on any atom is -0.308 e. The van der Waals surface area contributed by atoms with Crippen molar-refractivity contribution < 1.29 is 0 Å². The molecule has 50 heavy (non-hydrogen) atoms. The lowest BCUT2D eigenvalue weighted by Crippen LogP contribution is -2.74. The molecule has 1 aromatic heterocycles. The molecule has 5 heteroatoms. The van der Waals surface area contributed by atoms with E-state index in [9.17, 15) is 15.8 Å². The van der Waals surface area contributed by atoms with Crippen molar-refractivity contribution in [1.29, 1.82) is 15.8 Å². The van der Waals surface area contributed by atoms with Crippen molar-refractivity contribution in [3.63, 3.8) is 0 Å². The molecule has 0 saturated heterocycles. The van der Waals surface area contributed by atoms with Crippen molar-refractivity contribution in [2.75, 3.05) is 0 Å². The van der Waals surface area contributed by atoms with Crippen LogP contribution >= 0.6 is 0 Å². The summed E-state index contributed by atoms with van der Waals surface area (Å²) in [5.41, 5.74) is 6.09. The van der Waals surface area contributed by atoms with E-state index in [1.54, 1.807) is 12.1 Å². The Morgan fingerprint density at radius 1 is 0.400 bits per heavy atom. The van der Waals surface area contributed by atoms with E-state index in [4.69, 9.17) is 0 Å². The number of nitriles is 3. The first-order valence-corrected chi connectivity index (χ1v) is 18.4. The van der Waals surface area contributed by atoms with Crippen LogP contribution in [0.25, 0.3) is 38.6 Å². The van der Waals surface area contributed by atoms with Crippen molar-refractivity contribution in [3.8, 4) is 35.0 Å². The van der Waals surface area contributed by atoms with Crippen LogP contribution in [0.15, 0.2) is 170 Å². The van der Waals surface area contributed by atoms with Gasteiger partial charge in [-0.15, -0.1) is 0 Å². The molecule has 0 spiro atoms. The lowest BCUT2D eigenvalue weighted by Gasteiger charge is -2.34. The first-order chi connectivity index (χ1) is 24.6.